The highest BCUT2D eigenvalue weighted by Crippen LogP contribution is 2.29. The standard InChI is InChI=1S/C15H16N6O/c1-2-11(22)19-9-21-15-12(14(16)17-8-18-15)13(20-21)10-6-4-3-5-7-10/h3-8H,2,9H2,1H3,(H,19,22)(H2,16,17,18). The molecule has 2 aromatic heterocycles. The van der Waals surface area contributed by atoms with Crippen LogP contribution in [0.4, 0.5) is 5.82 Å². The van der Waals surface area contributed by atoms with Crippen LogP contribution in [0.1, 0.15) is 13.3 Å². The van der Waals surface area contributed by atoms with Gasteiger partial charge in [-0.2, -0.15) is 5.10 Å². The molecule has 0 unspecified atom stereocenters. The highest BCUT2D eigenvalue weighted by atomic mass is 16.1. The number of benzene rings is 1. The maximum absolute atomic E-state index is 11.5. The topological polar surface area (TPSA) is 98.7 Å². The molecule has 0 bridgehead atoms. The fraction of sp³-hybridized carbons (Fsp3) is 0.200. The minimum atomic E-state index is -0.0491. The minimum absolute atomic E-state index is 0.0491. The maximum atomic E-state index is 11.5. The van der Waals surface area contributed by atoms with Crippen LogP contribution in [0.15, 0.2) is 36.7 Å². The van der Waals surface area contributed by atoms with Crippen molar-refractivity contribution in [2.45, 2.75) is 20.0 Å². The van der Waals surface area contributed by atoms with E-state index in [2.05, 4.69) is 20.4 Å². The Morgan fingerprint density at radius 2 is 2.05 bits per heavy atom. The van der Waals surface area contributed by atoms with E-state index >= 15 is 0 Å². The Morgan fingerprint density at radius 1 is 1.27 bits per heavy atom. The van der Waals surface area contributed by atoms with Crippen LogP contribution in [-0.2, 0) is 11.5 Å². The molecule has 7 heteroatoms. The third kappa shape index (κ3) is 2.48. The predicted molar refractivity (Wildman–Crippen MR) is 83.6 cm³/mol. The van der Waals surface area contributed by atoms with Gasteiger partial charge in [-0.25, -0.2) is 14.6 Å². The van der Waals surface area contributed by atoms with Crippen molar-refractivity contribution >= 4 is 22.8 Å². The van der Waals surface area contributed by atoms with Crippen molar-refractivity contribution in [2.75, 3.05) is 5.73 Å². The van der Waals surface area contributed by atoms with Gasteiger partial charge in [0.2, 0.25) is 5.91 Å². The zero-order chi connectivity index (χ0) is 15.5. The van der Waals surface area contributed by atoms with Crippen molar-refractivity contribution in [1.29, 1.82) is 0 Å². The molecule has 0 aliphatic heterocycles. The molecule has 112 valence electrons. The Balaban J connectivity index is 2.11. The third-order valence-electron chi connectivity index (χ3n) is 3.35. The van der Waals surface area contributed by atoms with Gasteiger partial charge in [-0.05, 0) is 0 Å². The normalized spacial score (nSPS) is 10.8. The van der Waals surface area contributed by atoms with Gasteiger partial charge >= 0.3 is 0 Å². The molecule has 0 radical (unpaired) electrons. The molecule has 1 amide bonds. The Labute approximate surface area is 127 Å². The molecular formula is C15H16N6O. The molecule has 3 aromatic rings. The van der Waals surface area contributed by atoms with E-state index in [1.165, 1.54) is 6.33 Å². The Bertz CT molecular complexity index is 812. The molecule has 0 fully saturated rings. The van der Waals surface area contributed by atoms with Crippen LogP contribution in [0.3, 0.4) is 0 Å². The predicted octanol–water partition coefficient (Wildman–Crippen LogP) is 1.56. The molecule has 0 saturated carbocycles. The summed E-state index contributed by atoms with van der Waals surface area (Å²) in [6, 6.07) is 9.69. The second kappa shape index (κ2) is 5.80. The van der Waals surface area contributed by atoms with E-state index in [1.807, 2.05) is 30.3 Å². The van der Waals surface area contributed by atoms with E-state index in [9.17, 15) is 4.79 Å². The lowest BCUT2D eigenvalue weighted by Gasteiger charge is -2.04. The largest absolute Gasteiger partial charge is 0.383 e. The Kier molecular flexibility index (Phi) is 3.69. The molecule has 22 heavy (non-hydrogen) atoms. The third-order valence-corrected chi connectivity index (χ3v) is 3.35. The lowest BCUT2D eigenvalue weighted by atomic mass is 10.1. The molecule has 3 rings (SSSR count). The first-order valence-corrected chi connectivity index (χ1v) is 6.99. The van der Waals surface area contributed by atoms with E-state index in [0.717, 1.165) is 5.56 Å². The van der Waals surface area contributed by atoms with E-state index in [-0.39, 0.29) is 12.6 Å². The summed E-state index contributed by atoms with van der Waals surface area (Å²) in [5.74, 6) is 0.323. The number of carbonyl (C=O) groups excluding carboxylic acids is 1. The average molecular weight is 296 g/mol. The van der Waals surface area contributed by atoms with Crippen molar-refractivity contribution in [2.24, 2.45) is 0 Å². The number of fused-ring (bicyclic) bond motifs is 1. The van der Waals surface area contributed by atoms with Gasteiger partial charge in [0.25, 0.3) is 0 Å². The van der Waals surface area contributed by atoms with Crippen molar-refractivity contribution in [3.05, 3.63) is 36.7 Å². The van der Waals surface area contributed by atoms with E-state index < -0.39 is 0 Å². The second-order valence-corrected chi connectivity index (χ2v) is 4.78. The van der Waals surface area contributed by atoms with Crippen LogP contribution in [0.25, 0.3) is 22.3 Å². The van der Waals surface area contributed by atoms with Gasteiger partial charge in [-0.15, -0.1) is 0 Å². The molecule has 0 saturated heterocycles. The lowest BCUT2D eigenvalue weighted by Crippen LogP contribution is -2.25. The maximum Gasteiger partial charge on any atom is 0.221 e. The van der Waals surface area contributed by atoms with E-state index in [0.29, 0.717) is 29.0 Å². The molecule has 0 aliphatic carbocycles. The summed E-state index contributed by atoms with van der Waals surface area (Å²) in [5, 5.41) is 8.03. The molecule has 0 atom stereocenters. The van der Waals surface area contributed by atoms with Gasteiger partial charge < -0.3 is 11.1 Å². The van der Waals surface area contributed by atoms with Crippen LogP contribution in [0.5, 0.6) is 0 Å². The summed E-state index contributed by atoms with van der Waals surface area (Å²) in [6.45, 7) is 2.04. The zero-order valence-electron chi connectivity index (χ0n) is 12.2. The van der Waals surface area contributed by atoms with Gasteiger partial charge in [0, 0.05) is 12.0 Å². The van der Waals surface area contributed by atoms with Gasteiger partial charge in [0.05, 0.1) is 5.39 Å². The summed E-state index contributed by atoms with van der Waals surface area (Å²) >= 11 is 0. The number of hydrogen-bond donors (Lipinski definition) is 2. The number of carbonyl (C=O) groups is 1. The van der Waals surface area contributed by atoms with Crippen molar-refractivity contribution in [1.82, 2.24) is 25.1 Å². The molecular weight excluding hydrogens is 280 g/mol. The van der Waals surface area contributed by atoms with Gasteiger partial charge in [-0.3, -0.25) is 4.79 Å². The van der Waals surface area contributed by atoms with Crippen molar-refractivity contribution in [3.63, 3.8) is 0 Å². The van der Waals surface area contributed by atoms with Crippen molar-refractivity contribution < 1.29 is 4.79 Å². The summed E-state index contributed by atoms with van der Waals surface area (Å²) in [6.07, 6.45) is 1.81. The number of rotatable bonds is 4. The Morgan fingerprint density at radius 3 is 2.77 bits per heavy atom. The highest BCUT2D eigenvalue weighted by Gasteiger charge is 2.16. The van der Waals surface area contributed by atoms with Crippen LogP contribution in [-0.4, -0.2) is 25.7 Å². The zero-order valence-corrected chi connectivity index (χ0v) is 12.2. The van der Waals surface area contributed by atoms with Crippen LogP contribution in [0.2, 0.25) is 0 Å². The quantitative estimate of drug-likeness (QED) is 0.761. The van der Waals surface area contributed by atoms with Crippen LogP contribution < -0.4 is 11.1 Å². The van der Waals surface area contributed by atoms with Crippen LogP contribution >= 0.6 is 0 Å². The molecule has 3 N–H and O–H groups in total. The summed E-state index contributed by atoms with van der Waals surface area (Å²) in [4.78, 5) is 19.7. The molecule has 7 nitrogen and oxygen atoms in total. The fourth-order valence-electron chi connectivity index (χ4n) is 2.23. The van der Waals surface area contributed by atoms with E-state index in [1.54, 1.807) is 11.6 Å². The average Bonchev–Trinajstić information content (AvgIpc) is 2.93. The monoisotopic (exact) mass is 296 g/mol. The highest BCUT2D eigenvalue weighted by molar-refractivity contribution is 5.98. The van der Waals surface area contributed by atoms with Gasteiger partial charge in [0.1, 0.15) is 24.5 Å². The molecule has 1 aromatic carbocycles. The fourth-order valence-corrected chi connectivity index (χ4v) is 2.23. The summed E-state index contributed by atoms with van der Waals surface area (Å²) < 4.78 is 1.63. The number of anilines is 1. The van der Waals surface area contributed by atoms with Gasteiger partial charge in [-0.1, -0.05) is 37.3 Å². The first-order chi connectivity index (χ1) is 10.7. The van der Waals surface area contributed by atoms with Crippen molar-refractivity contribution in [3.8, 4) is 11.3 Å². The number of nitrogen functional groups attached to an aromatic ring is 1. The first-order valence-electron chi connectivity index (χ1n) is 6.99. The number of nitrogens with one attached hydrogen (secondary N) is 1. The number of hydrogen-bond acceptors (Lipinski definition) is 5. The first kappa shape index (κ1) is 14.0. The SMILES string of the molecule is CCC(=O)NCn1nc(-c2ccccc2)c2c(N)ncnc21. The minimum Gasteiger partial charge on any atom is -0.383 e. The Hall–Kier alpha value is -2.96. The van der Waals surface area contributed by atoms with Crippen LogP contribution in [0, 0.1) is 0 Å². The number of amides is 1. The summed E-state index contributed by atoms with van der Waals surface area (Å²) in [5.41, 5.74) is 8.23. The number of aromatic nitrogens is 4. The van der Waals surface area contributed by atoms with E-state index in [4.69, 9.17) is 5.73 Å². The summed E-state index contributed by atoms with van der Waals surface area (Å²) in [7, 11) is 0. The smallest absolute Gasteiger partial charge is 0.221 e. The lowest BCUT2D eigenvalue weighted by molar-refractivity contribution is -0.121. The number of nitrogens with zero attached hydrogens (tertiary/aromatic N) is 4. The second-order valence-electron chi connectivity index (χ2n) is 4.78. The molecule has 0 aliphatic rings. The molecule has 2 heterocycles. The van der Waals surface area contributed by atoms with Gasteiger partial charge in [0.15, 0.2) is 5.65 Å². The molecule has 0 spiro atoms. The number of nitrogens with two attached hydrogens (primary N) is 1.